The molecule has 30 heavy (non-hydrogen) atoms. The van der Waals surface area contributed by atoms with Crippen molar-refractivity contribution in [3.63, 3.8) is 0 Å². The molecular weight excluding hydrogens is 380 g/mol. The molecular formula is C24H22N2O4. The van der Waals surface area contributed by atoms with Gasteiger partial charge in [0, 0.05) is 23.2 Å². The van der Waals surface area contributed by atoms with E-state index in [2.05, 4.69) is 10.6 Å². The maximum Gasteiger partial charge on any atom is 0.404 e. The molecule has 0 aliphatic heterocycles. The summed E-state index contributed by atoms with van der Waals surface area (Å²) in [6.07, 6.45) is -0.199. The topological polar surface area (TPSA) is 87.7 Å². The van der Waals surface area contributed by atoms with Gasteiger partial charge in [-0.15, -0.1) is 0 Å². The Morgan fingerprint density at radius 1 is 0.967 bits per heavy atom. The number of carbonyl (C=O) groups is 2. The van der Waals surface area contributed by atoms with Crippen LogP contribution in [0.15, 0.2) is 78.9 Å². The van der Waals surface area contributed by atoms with Crippen LogP contribution in [-0.4, -0.2) is 23.1 Å². The van der Waals surface area contributed by atoms with Crippen molar-refractivity contribution in [3.8, 4) is 5.75 Å². The smallest absolute Gasteiger partial charge is 0.404 e. The zero-order chi connectivity index (χ0) is 20.9. The van der Waals surface area contributed by atoms with Crippen LogP contribution in [0.25, 0.3) is 0 Å². The average Bonchev–Trinajstić information content (AvgIpc) is 3.52. The lowest BCUT2D eigenvalue weighted by atomic mass is 10.1. The number of rotatable bonds is 7. The van der Waals surface area contributed by atoms with Crippen LogP contribution in [0.1, 0.15) is 33.8 Å². The zero-order valence-corrected chi connectivity index (χ0v) is 16.2. The van der Waals surface area contributed by atoms with Crippen LogP contribution in [0.5, 0.6) is 5.75 Å². The number of amides is 2. The third-order valence-electron chi connectivity index (χ3n) is 5.04. The fourth-order valence-corrected chi connectivity index (χ4v) is 3.37. The first-order chi connectivity index (χ1) is 14.6. The Bertz CT molecular complexity index is 1030. The molecule has 6 heteroatoms. The number of carboxylic acid groups (broad SMARTS) is 1. The molecule has 1 saturated carbocycles. The molecule has 0 saturated heterocycles. The molecule has 0 spiro atoms. The lowest BCUT2D eigenvalue weighted by Gasteiger charge is -2.09. The Balaban J connectivity index is 1.34. The lowest BCUT2D eigenvalue weighted by molar-refractivity contribution is 0.102. The number of anilines is 1. The normalized spacial score (nSPS) is 17.1. The van der Waals surface area contributed by atoms with Crippen LogP contribution in [0.3, 0.4) is 0 Å². The van der Waals surface area contributed by atoms with Crippen LogP contribution >= 0.6 is 0 Å². The summed E-state index contributed by atoms with van der Waals surface area (Å²) in [4.78, 5) is 23.3. The Labute approximate surface area is 174 Å². The van der Waals surface area contributed by atoms with E-state index in [1.165, 1.54) is 0 Å². The average molecular weight is 402 g/mol. The molecule has 1 aliphatic rings. The predicted molar refractivity (Wildman–Crippen MR) is 114 cm³/mol. The summed E-state index contributed by atoms with van der Waals surface area (Å²) in [5.41, 5.74) is 3.31. The van der Waals surface area contributed by atoms with Crippen LogP contribution in [0, 0.1) is 0 Å². The van der Waals surface area contributed by atoms with Crippen LogP contribution in [0.4, 0.5) is 10.5 Å². The first-order valence-corrected chi connectivity index (χ1v) is 9.76. The fraction of sp³-hybridized carbons (Fsp3) is 0.167. The molecule has 0 heterocycles. The number of carbonyl (C=O) groups excluding carboxylic acids is 1. The zero-order valence-electron chi connectivity index (χ0n) is 16.2. The molecule has 0 bridgehead atoms. The van der Waals surface area contributed by atoms with Gasteiger partial charge in [0.05, 0.1) is 0 Å². The molecule has 152 valence electrons. The van der Waals surface area contributed by atoms with Gasteiger partial charge in [-0.1, -0.05) is 48.5 Å². The molecule has 6 nitrogen and oxygen atoms in total. The van der Waals surface area contributed by atoms with Crippen molar-refractivity contribution in [2.45, 2.75) is 25.0 Å². The first-order valence-electron chi connectivity index (χ1n) is 9.76. The lowest BCUT2D eigenvalue weighted by Crippen LogP contribution is -2.24. The highest BCUT2D eigenvalue weighted by Crippen LogP contribution is 2.41. The van der Waals surface area contributed by atoms with Gasteiger partial charge in [-0.3, -0.25) is 4.79 Å². The molecule has 2 amide bonds. The molecule has 3 aromatic rings. The Hall–Kier alpha value is -3.80. The van der Waals surface area contributed by atoms with Crippen LogP contribution in [0.2, 0.25) is 0 Å². The monoisotopic (exact) mass is 402 g/mol. The number of hydrogen-bond acceptors (Lipinski definition) is 3. The van der Waals surface area contributed by atoms with Gasteiger partial charge in [0.15, 0.2) is 0 Å². The molecule has 1 aliphatic carbocycles. The van der Waals surface area contributed by atoms with Gasteiger partial charge in [0.25, 0.3) is 5.91 Å². The maximum absolute atomic E-state index is 12.6. The molecule has 3 aromatic carbocycles. The van der Waals surface area contributed by atoms with Crippen molar-refractivity contribution >= 4 is 17.7 Å². The largest absolute Gasteiger partial charge is 0.489 e. The molecule has 3 N–H and O–H groups in total. The van der Waals surface area contributed by atoms with Crippen LogP contribution < -0.4 is 15.4 Å². The molecule has 2 atom stereocenters. The van der Waals surface area contributed by atoms with Crippen molar-refractivity contribution < 1.29 is 19.4 Å². The third-order valence-corrected chi connectivity index (χ3v) is 5.04. The van der Waals surface area contributed by atoms with Gasteiger partial charge in [0.1, 0.15) is 12.4 Å². The van der Waals surface area contributed by atoms with Crippen molar-refractivity contribution in [1.82, 2.24) is 5.32 Å². The Kier molecular flexibility index (Phi) is 5.66. The van der Waals surface area contributed by atoms with E-state index in [0.717, 1.165) is 17.5 Å². The van der Waals surface area contributed by atoms with Crippen molar-refractivity contribution in [3.05, 3.63) is 95.6 Å². The molecule has 0 radical (unpaired) electrons. The van der Waals surface area contributed by atoms with E-state index in [1.807, 2.05) is 60.7 Å². The number of benzene rings is 3. The standard InChI is InChI=1S/C24H22N2O4/c27-23(18-7-4-8-20(13-18)30-15-16-5-2-1-3-6-16)25-19-11-9-17(10-12-19)21-14-22(21)26-24(28)29/h1-13,21-22,26H,14-15H2,(H,25,27)(H,28,29). The number of ether oxygens (including phenoxy) is 1. The highest BCUT2D eigenvalue weighted by molar-refractivity contribution is 6.04. The second kappa shape index (κ2) is 8.69. The third kappa shape index (κ3) is 4.97. The van der Waals surface area contributed by atoms with Crippen LogP contribution in [-0.2, 0) is 6.61 Å². The summed E-state index contributed by atoms with van der Waals surface area (Å²) >= 11 is 0. The maximum atomic E-state index is 12.6. The van der Waals surface area contributed by atoms with E-state index in [0.29, 0.717) is 23.6 Å². The highest BCUT2D eigenvalue weighted by atomic mass is 16.5. The minimum Gasteiger partial charge on any atom is -0.489 e. The minimum absolute atomic E-state index is 0.0263. The van der Waals surface area contributed by atoms with E-state index in [-0.39, 0.29) is 17.9 Å². The van der Waals surface area contributed by atoms with Gasteiger partial charge < -0.3 is 20.5 Å². The SMILES string of the molecule is O=C(O)NC1CC1c1ccc(NC(=O)c2cccc(OCc3ccccc3)c2)cc1. The van der Waals surface area contributed by atoms with Gasteiger partial charge in [-0.25, -0.2) is 4.79 Å². The van der Waals surface area contributed by atoms with Gasteiger partial charge in [0.2, 0.25) is 0 Å². The summed E-state index contributed by atoms with van der Waals surface area (Å²) in [5, 5.41) is 14.2. The number of hydrogen-bond donors (Lipinski definition) is 3. The number of nitrogens with one attached hydrogen (secondary N) is 2. The summed E-state index contributed by atoms with van der Waals surface area (Å²) in [6, 6.07) is 24.4. The first kappa shape index (κ1) is 19.5. The summed E-state index contributed by atoms with van der Waals surface area (Å²) in [5.74, 6) is 0.613. The minimum atomic E-state index is -0.999. The van der Waals surface area contributed by atoms with Crippen molar-refractivity contribution in [1.29, 1.82) is 0 Å². The summed E-state index contributed by atoms with van der Waals surface area (Å²) in [6.45, 7) is 0.437. The van der Waals surface area contributed by atoms with E-state index < -0.39 is 6.09 Å². The second-order valence-corrected chi connectivity index (χ2v) is 7.28. The summed E-state index contributed by atoms with van der Waals surface area (Å²) < 4.78 is 5.79. The van der Waals surface area contributed by atoms with E-state index in [4.69, 9.17) is 9.84 Å². The predicted octanol–water partition coefficient (Wildman–Crippen LogP) is 4.64. The van der Waals surface area contributed by atoms with Crippen molar-refractivity contribution in [2.75, 3.05) is 5.32 Å². The van der Waals surface area contributed by atoms with E-state index >= 15 is 0 Å². The molecule has 1 fully saturated rings. The summed E-state index contributed by atoms with van der Waals surface area (Å²) in [7, 11) is 0. The van der Waals surface area contributed by atoms with Crippen molar-refractivity contribution in [2.24, 2.45) is 0 Å². The fourth-order valence-electron chi connectivity index (χ4n) is 3.37. The molecule has 0 aromatic heterocycles. The van der Waals surface area contributed by atoms with E-state index in [1.54, 1.807) is 18.2 Å². The van der Waals surface area contributed by atoms with E-state index in [9.17, 15) is 9.59 Å². The quantitative estimate of drug-likeness (QED) is 0.537. The Morgan fingerprint density at radius 3 is 2.47 bits per heavy atom. The van der Waals surface area contributed by atoms with Gasteiger partial charge >= 0.3 is 6.09 Å². The second-order valence-electron chi connectivity index (χ2n) is 7.28. The highest BCUT2D eigenvalue weighted by Gasteiger charge is 2.39. The Morgan fingerprint density at radius 2 is 1.73 bits per heavy atom. The molecule has 2 unspecified atom stereocenters. The van der Waals surface area contributed by atoms with Gasteiger partial charge in [-0.05, 0) is 47.9 Å². The van der Waals surface area contributed by atoms with Gasteiger partial charge in [-0.2, -0.15) is 0 Å². The molecule has 4 rings (SSSR count).